The van der Waals surface area contributed by atoms with E-state index in [0.717, 1.165) is 28.0 Å². The summed E-state index contributed by atoms with van der Waals surface area (Å²) in [5.74, 6) is 1.72. The first-order valence-corrected chi connectivity index (χ1v) is 6.07. The molecule has 0 amide bonds. The fraction of sp³-hybridized carbons (Fsp3) is 0.333. The van der Waals surface area contributed by atoms with Crippen LogP contribution in [0.15, 0.2) is 30.3 Å². The van der Waals surface area contributed by atoms with Gasteiger partial charge in [-0.15, -0.1) is 0 Å². The van der Waals surface area contributed by atoms with Crippen LogP contribution >= 0.6 is 0 Å². The third-order valence-electron chi connectivity index (χ3n) is 2.83. The maximum Gasteiger partial charge on any atom is 0.150 e. The van der Waals surface area contributed by atoms with Gasteiger partial charge < -0.3 is 14.8 Å². The first-order valence-electron chi connectivity index (χ1n) is 6.07. The first kappa shape index (κ1) is 12.6. The summed E-state index contributed by atoms with van der Waals surface area (Å²) in [7, 11) is 3.38. The van der Waals surface area contributed by atoms with Crippen molar-refractivity contribution in [2.24, 2.45) is 0 Å². The predicted octanol–water partition coefficient (Wildman–Crippen LogP) is 3.68. The van der Waals surface area contributed by atoms with Crippen molar-refractivity contribution >= 4 is 16.5 Å². The number of anilines is 1. The van der Waals surface area contributed by atoms with Crippen molar-refractivity contribution in [2.75, 3.05) is 19.5 Å². The fourth-order valence-corrected chi connectivity index (χ4v) is 2.12. The molecule has 0 aliphatic rings. The second-order valence-corrected chi connectivity index (χ2v) is 4.50. The highest BCUT2D eigenvalue weighted by Gasteiger charge is 2.13. The van der Waals surface area contributed by atoms with Gasteiger partial charge in [0.2, 0.25) is 0 Å². The van der Waals surface area contributed by atoms with Gasteiger partial charge in [-0.05, 0) is 13.8 Å². The summed E-state index contributed by atoms with van der Waals surface area (Å²) in [5.41, 5.74) is 0.961. The molecule has 0 unspecified atom stereocenters. The van der Waals surface area contributed by atoms with Crippen molar-refractivity contribution in [3.05, 3.63) is 30.3 Å². The minimum atomic E-state index is 0.338. The number of ether oxygens (including phenoxy) is 2. The van der Waals surface area contributed by atoms with E-state index in [2.05, 4.69) is 19.2 Å². The van der Waals surface area contributed by atoms with E-state index in [-0.39, 0.29) is 0 Å². The van der Waals surface area contributed by atoms with Crippen LogP contribution in [0.4, 0.5) is 5.69 Å². The molecule has 1 N–H and O–H groups in total. The van der Waals surface area contributed by atoms with Crippen molar-refractivity contribution in [1.82, 2.24) is 0 Å². The molecule has 0 aliphatic carbocycles. The minimum Gasteiger partial charge on any atom is -0.496 e. The molecule has 0 spiro atoms. The Bertz CT molecular complexity index is 549. The lowest BCUT2D eigenvalue weighted by atomic mass is 10.1. The monoisotopic (exact) mass is 245 g/mol. The van der Waals surface area contributed by atoms with Gasteiger partial charge in [0.05, 0.1) is 19.9 Å². The van der Waals surface area contributed by atoms with E-state index in [1.54, 1.807) is 14.2 Å². The molecule has 0 atom stereocenters. The lowest BCUT2D eigenvalue weighted by Gasteiger charge is -2.18. The van der Waals surface area contributed by atoms with Gasteiger partial charge in [0, 0.05) is 22.9 Å². The minimum absolute atomic E-state index is 0.338. The molecule has 0 radical (unpaired) electrons. The number of hydrogen-bond acceptors (Lipinski definition) is 3. The molecule has 0 bridgehead atoms. The Hall–Kier alpha value is -1.90. The maximum atomic E-state index is 5.54. The van der Waals surface area contributed by atoms with Crippen molar-refractivity contribution in [3.8, 4) is 11.5 Å². The van der Waals surface area contributed by atoms with E-state index in [9.17, 15) is 0 Å². The summed E-state index contributed by atoms with van der Waals surface area (Å²) >= 11 is 0. The van der Waals surface area contributed by atoms with E-state index < -0.39 is 0 Å². The molecule has 2 aromatic carbocycles. The van der Waals surface area contributed by atoms with Gasteiger partial charge in [0.1, 0.15) is 11.5 Å². The van der Waals surface area contributed by atoms with Gasteiger partial charge in [-0.25, -0.2) is 0 Å². The van der Waals surface area contributed by atoms with E-state index in [1.807, 2.05) is 30.3 Å². The maximum absolute atomic E-state index is 5.54. The summed E-state index contributed by atoms with van der Waals surface area (Å²) in [5, 5.41) is 5.51. The van der Waals surface area contributed by atoms with Crippen molar-refractivity contribution in [2.45, 2.75) is 19.9 Å². The summed E-state index contributed by atoms with van der Waals surface area (Å²) in [6, 6.07) is 10.4. The van der Waals surface area contributed by atoms with Crippen LogP contribution in [0.25, 0.3) is 10.8 Å². The van der Waals surface area contributed by atoms with Gasteiger partial charge >= 0.3 is 0 Å². The molecule has 0 fully saturated rings. The molecular formula is C15H19NO2. The molecule has 0 aliphatic heterocycles. The van der Waals surface area contributed by atoms with Gasteiger partial charge in [-0.1, -0.05) is 24.3 Å². The summed E-state index contributed by atoms with van der Waals surface area (Å²) in [6.45, 7) is 4.20. The SMILES string of the molecule is COc1cc(NC(C)C)c(OC)c2ccccc12. The van der Waals surface area contributed by atoms with Crippen LogP contribution in [0, 0.1) is 0 Å². The molecule has 0 saturated heterocycles. The van der Waals surface area contributed by atoms with Crippen LogP contribution in [0.2, 0.25) is 0 Å². The smallest absolute Gasteiger partial charge is 0.150 e. The highest BCUT2D eigenvalue weighted by Crippen LogP contribution is 2.39. The average molecular weight is 245 g/mol. The van der Waals surface area contributed by atoms with Crippen molar-refractivity contribution in [1.29, 1.82) is 0 Å². The Labute approximate surface area is 108 Å². The predicted molar refractivity (Wildman–Crippen MR) is 75.8 cm³/mol. The topological polar surface area (TPSA) is 30.5 Å². The average Bonchev–Trinajstić information content (AvgIpc) is 2.37. The number of rotatable bonds is 4. The summed E-state index contributed by atoms with van der Waals surface area (Å²) in [4.78, 5) is 0. The summed E-state index contributed by atoms with van der Waals surface area (Å²) < 4.78 is 11.0. The van der Waals surface area contributed by atoms with Crippen LogP contribution in [0.5, 0.6) is 11.5 Å². The second kappa shape index (κ2) is 5.17. The Balaban J connectivity index is 2.70. The van der Waals surface area contributed by atoms with Crippen molar-refractivity contribution in [3.63, 3.8) is 0 Å². The van der Waals surface area contributed by atoms with E-state index in [1.165, 1.54) is 0 Å². The zero-order valence-corrected chi connectivity index (χ0v) is 11.3. The summed E-state index contributed by atoms with van der Waals surface area (Å²) in [6.07, 6.45) is 0. The van der Waals surface area contributed by atoms with E-state index in [0.29, 0.717) is 6.04 Å². The number of benzene rings is 2. The largest absolute Gasteiger partial charge is 0.496 e. The first-order chi connectivity index (χ1) is 8.67. The van der Waals surface area contributed by atoms with Gasteiger partial charge in [0.25, 0.3) is 0 Å². The molecule has 18 heavy (non-hydrogen) atoms. The standard InChI is InChI=1S/C15H19NO2/c1-10(2)16-13-9-14(17-3)11-7-5-6-8-12(11)15(13)18-4/h5-10,16H,1-4H3. The number of hydrogen-bond donors (Lipinski definition) is 1. The molecule has 3 nitrogen and oxygen atoms in total. The lowest BCUT2D eigenvalue weighted by Crippen LogP contribution is -2.11. The van der Waals surface area contributed by atoms with E-state index in [4.69, 9.17) is 9.47 Å². The normalized spacial score (nSPS) is 10.7. The van der Waals surface area contributed by atoms with Crippen LogP contribution < -0.4 is 14.8 Å². The Morgan fingerprint density at radius 2 is 1.67 bits per heavy atom. The molecule has 2 aromatic rings. The molecule has 2 rings (SSSR count). The van der Waals surface area contributed by atoms with Crippen LogP contribution in [0.1, 0.15) is 13.8 Å². The Kier molecular flexibility index (Phi) is 3.60. The number of nitrogens with one attached hydrogen (secondary N) is 1. The highest BCUT2D eigenvalue weighted by atomic mass is 16.5. The third-order valence-corrected chi connectivity index (χ3v) is 2.83. The molecule has 0 heterocycles. The Morgan fingerprint density at radius 3 is 2.22 bits per heavy atom. The number of fused-ring (bicyclic) bond motifs is 1. The molecule has 3 heteroatoms. The zero-order valence-electron chi connectivity index (χ0n) is 11.3. The van der Waals surface area contributed by atoms with Crippen LogP contribution in [0.3, 0.4) is 0 Å². The zero-order chi connectivity index (χ0) is 13.1. The van der Waals surface area contributed by atoms with Crippen LogP contribution in [-0.2, 0) is 0 Å². The second-order valence-electron chi connectivity index (χ2n) is 4.50. The van der Waals surface area contributed by atoms with Gasteiger partial charge in [0.15, 0.2) is 0 Å². The fourth-order valence-electron chi connectivity index (χ4n) is 2.12. The van der Waals surface area contributed by atoms with Gasteiger partial charge in [-0.3, -0.25) is 0 Å². The molecule has 0 aromatic heterocycles. The van der Waals surface area contributed by atoms with Crippen LogP contribution in [-0.4, -0.2) is 20.3 Å². The van der Waals surface area contributed by atoms with Gasteiger partial charge in [-0.2, -0.15) is 0 Å². The third kappa shape index (κ3) is 2.21. The quantitative estimate of drug-likeness (QED) is 0.891. The Morgan fingerprint density at radius 1 is 1.00 bits per heavy atom. The molecule has 0 saturated carbocycles. The van der Waals surface area contributed by atoms with E-state index >= 15 is 0 Å². The highest BCUT2D eigenvalue weighted by molar-refractivity contribution is 5.98. The van der Waals surface area contributed by atoms with Crippen molar-refractivity contribution < 1.29 is 9.47 Å². The number of methoxy groups -OCH3 is 2. The lowest BCUT2D eigenvalue weighted by molar-refractivity contribution is 0.411. The molecule has 96 valence electrons. The molecular weight excluding hydrogens is 226 g/mol.